The molecule has 25 heavy (non-hydrogen) atoms. The summed E-state index contributed by atoms with van der Waals surface area (Å²) in [6.07, 6.45) is 0.975. The maximum Gasteiger partial charge on any atom is 0.0773 e. The summed E-state index contributed by atoms with van der Waals surface area (Å²) in [7, 11) is 0. The molecule has 2 rings (SSSR count). The van der Waals surface area contributed by atoms with Crippen molar-refractivity contribution in [1.29, 1.82) is 0 Å². The molecule has 0 saturated heterocycles. The van der Waals surface area contributed by atoms with E-state index in [9.17, 15) is 10.2 Å². The van der Waals surface area contributed by atoms with E-state index in [2.05, 4.69) is 0 Å². The Kier molecular flexibility index (Phi) is 9.23. The summed E-state index contributed by atoms with van der Waals surface area (Å²) < 4.78 is 11.0. The molecule has 0 bridgehead atoms. The lowest BCUT2D eigenvalue weighted by Gasteiger charge is -2.14. The van der Waals surface area contributed by atoms with Crippen molar-refractivity contribution in [3.05, 3.63) is 71.8 Å². The molecule has 2 atom stereocenters. The Bertz CT molecular complexity index is 507. The molecule has 0 spiro atoms. The first-order chi connectivity index (χ1) is 12.2. The molecule has 0 aromatic heterocycles. The van der Waals surface area contributed by atoms with E-state index in [1.807, 2.05) is 60.7 Å². The van der Waals surface area contributed by atoms with Crippen molar-refractivity contribution in [2.45, 2.75) is 44.7 Å². The molecular weight excluding hydrogens is 316 g/mol. The predicted molar refractivity (Wildman–Crippen MR) is 98.1 cm³/mol. The van der Waals surface area contributed by atoms with Crippen molar-refractivity contribution < 1.29 is 19.7 Å². The molecule has 0 radical (unpaired) electrons. The highest BCUT2D eigenvalue weighted by molar-refractivity contribution is 5.14. The van der Waals surface area contributed by atoms with Crippen LogP contribution in [-0.2, 0) is 22.7 Å². The molecule has 4 nitrogen and oxygen atoms in total. The quantitative estimate of drug-likeness (QED) is 0.620. The normalized spacial score (nSPS) is 13.5. The maximum absolute atomic E-state index is 9.93. The molecule has 2 N–H and O–H groups in total. The highest BCUT2D eigenvalue weighted by atomic mass is 16.5. The van der Waals surface area contributed by atoms with Gasteiger partial charge in [-0.2, -0.15) is 0 Å². The average molecular weight is 344 g/mol. The van der Waals surface area contributed by atoms with Gasteiger partial charge < -0.3 is 19.7 Å². The molecule has 0 fully saturated rings. The molecule has 0 unspecified atom stereocenters. The lowest BCUT2D eigenvalue weighted by atomic mass is 10.1. The second-order valence-corrected chi connectivity index (χ2v) is 6.24. The molecule has 0 aliphatic rings. The second-order valence-electron chi connectivity index (χ2n) is 6.24. The van der Waals surface area contributed by atoms with Gasteiger partial charge in [0.25, 0.3) is 0 Å². The van der Waals surface area contributed by atoms with Gasteiger partial charge in [-0.05, 0) is 30.4 Å². The Labute approximate surface area is 150 Å². The van der Waals surface area contributed by atoms with Crippen LogP contribution in [0.5, 0.6) is 0 Å². The van der Waals surface area contributed by atoms with E-state index in [0.29, 0.717) is 39.3 Å². The number of rotatable bonds is 12. The van der Waals surface area contributed by atoms with Gasteiger partial charge in [0, 0.05) is 0 Å². The molecule has 136 valence electrons. The third kappa shape index (κ3) is 8.79. The minimum absolute atomic E-state index is 0.315. The second kappa shape index (κ2) is 11.8. The van der Waals surface area contributed by atoms with Gasteiger partial charge in [-0.3, -0.25) is 0 Å². The van der Waals surface area contributed by atoms with Crippen LogP contribution in [0.2, 0.25) is 0 Å². The lowest BCUT2D eigenvalue weighted by molar-refractivity contribution is 0.0101. The number of ether oxygens (including phenoxy) is 2. The highest BCUT2D eigenvalue weighted by Gasteiger charge is 2.08. The summed E-state index contributed by atoms with van der Waals surface area (Å²) >= 11 is 0. The largest absolute Gasteiger partial charge is 0.391 e. The van der Waals surface area contributed by atoms with E-state index < -0.39 is 12.2 Å². The number of hydrogen-bond acceptors (Lipinski definition) is 4. The van der Waals surface area contributed by atoms with Crippen LogP contribution in [0, 0.1) is 0 Å². The maximum atomic E-state index is 9.93. The van der Waals surface area contributed by atoms with Crippen molar-refractivity contribution in [1.82, 2.24) is 0 Å². The highest BCUT2D eigenvalue weighted by Crippen LogP contribution is 2.08. The van der Waals surface area contributed by atoms with Gasteiger partial charge in [0.2, 0.25) is 0 Å². The molecule has 0 aliphatic heterocycles. The summed E-state index contributed by atoms with van der Waals surface area (Å²) in [6, 6.07) is 19.8. The van der Waals surface area contributed by atoms with Crippen molar-refractivity contribution in [2.75, 3.05) is 13.2 Å². The minimum atomic E-state index is -0.499. The van der Waals surface area contributed by atoms with Crippen LogP contribution in [0.4, 0.5) is 0 Å². The van der Waals surface area contributed by atoms with Crippen LogP contribution in [0.3, 0.4) is 0 Å². The van der Waals surface area contributed by atoms with Gasteiger partial charge in [-0.25, -0.2) is 0 Å². The van der Waals surface area contributed by atoms with Crippen molar-refractivity contribution in [3.63, 3.8) is 0 Å². The van der Waals surface area contributed by atoms with E-state index in [0.717, 1.165) is 17.5 Å². The van der Waals surface area contributed by atoms with Crippen molar-refractivity contribution in [2.24, 2.45) is 0 Å². The Morgan fingerprint density at radius 3 is 1.44 bits per heavy atom. The van der Waals surface area contributed by atoms with Crippen molar-refractivity contribution in [3.8, 4) is 0 Å². The van der Waals surface area contributed by atoms with E-state index in [4.69, 9.17) is 9.47 Å². The summed E-state index contributed by atoms with van der Waals surface area (Å²) in [5.74, 6) is 0. The fraction of sp³-hybridized carbons (Fsp3) is 0.429. The molecule has 4 heteroatoms. The Morgan fingerprint density at radius 1 is 0.640 bits per heavy atom. The Hall–Kier alpha value is -1.72. The minimum Gasteiger partial charge on any atom is -0.391 e. The van der Waals surface area contributed by atoms with Crippen molar-refractivity contribution >= 4 is 0 Å². The zero-order valence-electron chi connectivity index (χ0n) is 14.6. The zero-order chi connectivity index (χ0) is 17.7. The van der Waals surface area contributed by atoms with E-state index >= 15 is 0 Å². The molecular formula is C21H28O4. The van der Waals surface area contributed by atoms with Crippen LogP contribution in [0.15, 0.2) is 60.7 Å². The topological polar surface area (TPSA) is 58.9 Å². The van der Waals surface area contributed by atoms with Gasteiger partial charge in [-0.15, -0.1) is 0 Å². The smallest absolute Gasteiger partial charge is 0.0773 e. The number of aliphatic hydroxyl groups is 2. The SMILES string of the molecule is O[C@@H](CCC[C@H](O)COCc1ccccc1)COCc1ccccc1. The zero-order valence-corrected chi connectivity index (χ0v) is 14.6. The molecule has 0 heterocycles. The Morgan fingerprint density at radius 2 is 1.04 bits per heavy atom. The fourth-order valence-electron chi connectivity index (χ4n) is 2.53. The van der Waals surface area contributed by atoms with Crippen LogP contribution in [0.1, 0.15) is 30.4 Å². The molecule has 0 saturated carbocycles. The third-order valence-corrected chi connectivity index (χ3v) is 3.92. The van der Waals surface area contributed by atoms with Gasteiger partial charge in [0.15, 0.2) is 0 Å². The summed E-state index contributed by atoms with van der Waals surface area (Å²) in [4.78, 5) is 0. The van der Waals surface area contributed by atoms with Crippen LogP contribution in [0.25, 0.3) is 0 Å². The molecule has 0 amide bonds. The van der Waals surface area contributed by atoms with E-state index in [-0.39, 0.29) is 0 Å². The first-order valence-electron chi connectivity index (χ1n) is 8.83. The van der Waals surface area contributed by atoms with Gasteiger partial charge in [-0.1, -0.05) is 60.7 Å². The van der Waals surface area contributed by atoms with Gasteiger partial charge in [0.05, 0.1) is 38.6 Å². The summed E-state index contributed by atoms with van der Waals surface area (Å²) in [6.45, 7) is 1.65. The number of aliphatic hydroxyl groups excluding tert-OH is 2. The van der Waals surface area contributed by atoms with E-state index in [1.165, 1.54) is 0 Å². The molecule has 2 aromatic rings. The lowest BCUT2D eigenvalue weighted by Crippen LogP contribution is -2.18. The standard InChI is InChI=1S/C21H28O4/c22-20(16-24-14-18-8-3-1-4-9-18)12-7-13-21(23)17-25-15-19-10-5-2-6-11-19/h1-6,8-11,20-23H,7,12-17H2/t20-,21-/m0/s1. The average Bonchev–Trinajstić information content (AvgIpc) is 2.63. The number of hydrogen-bond donors (Lipinski definition) is 2. The molecule has 2 aromatic carbocycles. The van der Waals surface area contributed by atoms with Gasteiger partial charge >= 0.3 is 0 Å². The predicted octanol–water partition coefficient (Wildman–Crippen LogP) is 3.31. The summed E-state index contributed by atoms with van der Waals surface area (Å²) in [5, 5.41) is 19.9. The van der Waals surface area contributed by atoms with Gasteiger partial charge in [0.1, 0.15) is 0 Å². The van der Waals surface area contributed by atoms with Crippen LogP contribution < -0.4 is 0 Å². The monoisotopic (exact) mass is 344 g/mol. The first kappa shape index (κ1) is 19.6. The third-order valence-electron chi connectivity index (χ3n) is 3.92. The molecule has 0 aliphatic carbocycles. The van der Waals surface area contributed by atoms with E-state index in [1.54, 1.807) is 0 Å². The fourth-order valence-corrected chi connectivity index (χ4v) is 2.53. The Balaban J connectivity index is 1.48. The number of benzene rings is 2. The van der Waals surface area contributed by atoms with Crippen LogP contribution in [-0.4, -0.2) is 35.6 Å². The summed E-state index contributed by atoms with van der Waals surface area (Å²) in [5.41, 5.74) is 2.20. The van der Waals surface area contributed by atoms with Crippen LogP contribution >= 0.6 is 0 Å². The first-order valence-corrected chi connectivity index (χ1v) is 8.83.